The molecule has 100 valence electrons. The molecule has 0 aromatic heterocycles. The summed E-state index contributed by atoms with van der Waals surface area (Å²) < 4.78 is 10.4. The third-order valence-corrected chi connectivity index (χ3v) is 2.42. The van der Waals surface area contributed by atoms with Crippen molar-refractivity contribution >= 4 is 5.91 Å². The van der Waals surface area contributed by atoms with Gasteiger partial charge in [0.05, 0.1) is 13.2 Å². The normalized spacial score (nSPS) is 11.9. The monoisotopic (exact) mass is 253 g/mol. The van der Waals surface area contributed by atoms with Crippen molar-refractivity contribution in [2.24, 2.45) is 0 Å². The standard InChI is InChI=1S/C13H19NO4/c1-10(13(16)14-7-8-17-2)18-12-6-4-3-5-11(12)9-15/h3-6,10,15H,7-9H2,1-2H3,(H,14,16). The van der Waals surface area contributed by atoms with Gasteiger partial charge in [0.25, 0.3) is 5.91 Å². The molecule has 18 heavy (non-hydrogen) atoms. The van der Waals surface area contributed by atoms with Crippen molar-refractivity contribution in [2.75, 3.05) is 20.3 Å². The summed E-state index contributed by atoms with van der Waals surface area (Å²) in [7, 11) is 1.57. The maximum atomic E-state index is 11.7. The molecule has 0 aliphatic carbocycles. The fourth-order valence-electron chi connectivity index (χ4n) is 1.41. The van der Waals surface area contributed by atoms with Crippen LogP contribution in [0.5, 0.6) is 5.75 Å². The third-order valence-electron chi connectivity index (χ3n) is 2.42. The zero-order valence-corrected chi connectivity index (χ0v) is 10.7. The van der Waals surface area contributed by atoms with E-state index in [1.54, 1.807) is 32.2 Å². The number of para-hydroxylation sites is 1. The summed E-state index contributed by atoms with van der Waals surface area (Å²) in [6.07, 6.45) is -0.616. The zero-order valence-electron chi connectivity index (χ0n) is 10.7. The van der Waals surface area contributed by atoms with E-state index in [9.17, 15) is 4.79 Å². The molecule has 0 spiro atoms. The first-order valence-corrected chi connectivity index (χ1v) is 5.81. The van der Waals surface area contributed by atoms with Crippen molar-refractivity contribution in [2.45, 2.75) is 19.6 Å². The van der Waals surface area contributed by atoms with Crippen LogP contribution in [-0.2, 0) is 16.1 Å². The van der Waals surface area contributed by atoms with Crippen LogP contribution in [0.3, 0.4) is 0 Å². The molecule has 2 N–H and O–H groups in total. The number of carbonyl (C=O) groups is 1. The topological polar surface area (TPSA) is 67.8 Å². The number of aliphatic hydroxyl groups is 1. The minimum Gasteiger partial charge on any atom is -0.481 e. The molecular formula is C13H19NO4. The van der Waals surface area contributed by atoms with E-state index in [0.29, 0.717) is 24.5 Å². The summed E-state index contributed by atoms with van der Waals surface area (Å²) in [4.78, 5) is 11.7. The Bertz CT molecular complexity index is 381. The highest BCUT2D eigenvalue weighted by atomic mass is 16.5. The van der Waals surface area contributed by atoms with Crippen molar-refractivity contribution in [3.05, 3.63) is 29.8 Å². The first-order chi connectivity index (χ1) is 8.69. The zero-order chi connectivity index (χ0) is 13.4. The number of rotatable bonds is 7. The average molecular weight is 253 g/mol. The lowest BCUT2D eigenvalue weighted by molar-refractivity contribution is -0.127. The van der Waals surface area contributed by atoms with Gasteiger partial charge >= 0.3 is 0 Å². The van der Waals surface area contributed by atoms with Gasteiger partial charge in [0, 0.05) is 19.2 Å². The van der Waals surface area contributed by atoms with Crippen LogP contribution in [-0.4, -0.2) is 37.4 Å². The summed E-state index contributed by atoms with van der Waals surface area (Å²) in [5.74, 6) is 0.314. The van der Waals surface area contributed by atoms with Gasteiger partial charge in [0.15, 0.2) is 6.10 Å². The van der Waals surface area contributed by atoms with Gasteiger partial charge in [-0.25, -0.2) is 0 Å². The van der Waals surface area contributed by atoms with Gasteiger partial charge in [0.2, 0.25) is 0 Å². The van der Waals surface area contributed by atoms with Gasteiger partial charge in [-0.3, -0.25) is 4.79 Å². The first kappa shape index (κ1) is 14.5. The summed E-state index contributed by atoms with van der Waals surface area (Å²) >= 11 is 0. The molecule has 1 aromatic carbocycles. The SMILES string of the molecule is COCCNC(=O)C(C)Oc1ccccc1CO. The van der Waals surface area contributed by atoms with Gasteiger partial charge in [-0.15, -0.1) is 0 Å². The highest BCUT2D eigenvalue weighted by molar-refractivity contribution is 5.80. The van der Waals surface area contributed by atoms with Gasteiger partial charge in [-0.1, -0.05) is 18.2 Å². The summed E-state index contributed by atoms with van der Waals surface area (Å²) in [6.45, 7) is 2.46. The number of ether oxygens (including phenoxy) is 2. The van der Waals surface area contributed by atoms with E-state index in [1.165, 1.54) is 0 Å². The largest absolute Gasteiger partial charge is 0.481 e. The molecule has 0 saturated heterocycles. The maximum Gasteiger partial charge on any atom is 0.260 e. The maximum absolute atomic E-state index is 11.7. The molecule has 0 saturated carbocycles. The van der Waals surface area contributed by atoms with Crippen LogP contribution >= 0.6 is 0 Å². The van der Waals surface area contributed by atoms with Crippen molar-refractivity contribution < 1.29 is 19.4 Å². The van der Waals surface area contributed by atoms with Crippen LogP contribution in [0.2, 0.25) is 0 Å². The molecule has 1 amide bonds. The van der Waals surface area contributed by atoms with Crippen LogP contribution < -0.4 is 10.1 Å². The molecule has 5 heteroatoms. The fourth-order valence-corrected chi connectivity index (χ4v) is 1.41. The molecule has 1 rings (SSSR count). The Labute approximate surface area is 107 Å². The minimum atomic E-state index is -0.616. The van der Waals surface area contributed by atoms with E-state index in [2.05, 4.69) is 5.32 Å². The van der Waals surface area contributed by atoms with Crippen LogP contribution in [0.25, 0.3) is 0 Å². The number of nitrogens with one attached hydrogen (secondary N) is 1. The fraction of sp³-hybridized carbons (Fsp3) is 0.462. The van der Waals surface area contributed by atoms with E-state index < -0.39 is 6.10 Å². The predicted molar refractivity (Wildman–Crippen MR) is 67.3 cm³/mol. The second kappa shape index (κ2) is 7.68. The van der Waals surface area contributed by atoms with Crippen LogP contribution in [0, 0.1) is 0 Å². The Morgan fingerprint density at radius 1 is 1.44 bits per heavy atom. The van der Waals surface area contributed by atoms with Crippen LogP contribution in [0.1, 0.15) is 12.5 Å². The third kappa shape index (κ3) is 4.35. The molecule has 0 heterocycles. The summed E-state index contributed by atoms with van der Waals surface area (Å²) in [5.41, 5.74) is 0.661. The molecular weight excluding hydrogens is 234 g/mol. The number of aliphatic hydroxyl groups excluding tert-OH is 1. The predicted octanol–water partition coefficient (Wildman–Crippen LogP) is 0.709. The molecule has 0 radical (unpaired) electrons. The van der Waals surface area contributed by atoms with Gasteiger partial charge in [-0.05, 0) is 13.0 Å². The smallest absolute Gasteiger partial charge is 0.260 e. The van der Waals surface area contributed by atoms with E-state index in [0.717, 1.165) is 0 Å². The lowest BCUT2D eigenvalue weighted by atomic mass is 10.2. The summed E-state index contributed by atoms with van der Waals surface area (Å²) in [6, 6.07) is 7.08. The molecule has 0 fully saturated rings. The number of hydrogen-bond acceptors (Lipinski definition) is 4. The lowest BCUT2D eigenvalue weighted by Gasteiger charge is -2.16. The van der Waals surface area contributed by atoms with E-state index in [1.807, 2.05) is 6.07 Å². The van der Waals surface area contributed by atoms with Gasteiger partial charge in [-0.2, -0.15) is 0 Å². The van der Waals surface area contributed by atoms with Crippen molar-refractivity contribution in [3.63, 3.8) is 0 Å². The van der Waals surface area contributed by atoms with Gasteiger partial charge in [0.1, 0.15) is 5.75 Å². The Balaban J connectivity index is 2.52. The molecule has 0 bridgehead atoms. The number of amides is 1. The van der Waals surface area contributed by atoms with E-state index >= 15 is 0 Å². The number of carbonyl (C=O) groups excluding carboxylic acids is 1. The highest BCUT2D eigenvalue weighted by Gasteiger charge is 2.15. The average Bonchev–Trinajstić information content (AvgIpc) is 2.39. The molecule has 5 nitrogen and oxygen atoms in total. The molecule has 1 atom stereocenters. The van der Waals surface area contributed by atoms with Crippen molar-refractivity contribution in [1.29, 1.82) is 0 Å². The molecule has 1 unspecified atom stereocenters. The second-order valence-corrected chi connectivity index (χ2v) is 3.81. The number of methoxy groups -OCH3 is 1. The number of benzene rings is 1. The molecule has 1 aromatic rings. The Kier molecular flexibility index (Phi) is 6.18. The number of hydrogen-bond donors (Lipinski definition) is 2. The lowest BCUT2D eigenvalue weighted by Crippen LogP contribution is -2.38. The van der Waals surface area contributed by atoms with Crippen LogP contribution in [0.15, 0.2) is 24.3 Å². The first-order valence-electron chi connectivity index (χ1n) is 5.81. The van der Waals surface area contributed by atoms with E-state index in [-0.39, 0.29) is 12.5 Å². The molecule has 0 aliphatic rings. The van der Waals surface area contributed by atoms with Crippen molar-refractivity contribution in [3.8, 4) is 5.75 Å². The summed E-state index contributed by atoms with van der Waals surface area (Å²) in [5, 5.41) is 11.8. The Hall–Kier alpha value is -1.59. The second-order valence-electron chi connectivity index (χ2n) is 3.81. The highest BCUT2D eigenvalue weighted by Crippen LogP contribution is 2.19. The minimum absolute atomic E-state index is 0.117. The van der Waals surface area contributed by atoms with Gasteiger partial charge < -0.3 is 19.9 Å². The van der Waals surface area contributed by atoms with Crippen molar-refractivity contribution in [1.82, 2.24) is 5.32 Å². The quantitative estimate of drug-likeness (QED) is 0.702. The molecule has 0 aliphatic heterocycles. The Morgan fingerprint density at radius 3 is 2.83 bits per heavy atom. The Morgan fingerprint density at radius 2 is 2.17 bits per heavy atom. The van der Waals surface area contributed by atoms with Crippen LogP contribution in [0.4, 0.5) is 0 Å². The van der Waals surface area contributed by atoms with E-state index in [4.69, 9.17) is 14.6 Å².